The second-order valence-corrected chi connectivity index (χ2v) is 6.06. The number of hydrogen-bond donors (Lipinski definition) is 3. The maximum atomic E-state index is 11.8. The van der Waals surface area contributed by atoms with E-state index in [0.717, 1.165) is 0 Å². The summed E-state index contributed by atoms with van der Waals surface area (Å²) in [6, 6.07) is 6.59. The van der Waals surface area contributed by atoms with Gasteiger partial charge in [0.25, 0.3) is 0 Å². The number of carbonyl (C=O) groups is 1. The first-order valence-corrected chi connectivity index (χ1v) is 7.94. The number of ether oxygens (including phenoxy) is 1. The highest BCUT2D eigenvalue weighted by molar-refractivity contribution is 7.13. The summed E-state index contributed by atoms with van der Waals surface area (Å²) in [6.45, 7) is 0.756. The van der Waals surface area contributed by atoms with E-state index < -0.39 is 6.10 Å². The number of urea groups is 1. The van der Waals surface area contributed by atoms with Crippen molar-refractivity contribution in [3.8, 4) is 5.75 Å². The Balaban J connectivity index is 1.78. The quantitative estimate of drug-likeness (QED) is 0.721. The zero-order valence-electron chi connectivity index (χ0n) is 13.0. The third-order valence-corrected chi connectivity index (χ3v) is 3.47. The predicted molar refractivity (Wildman–Crippen MR) is 91.3 cm³/mol. The highest BCUT2D eigenvalue weighted by Gasteiger charge is 2.07. The largest absolute Gasteiger partial charge is 0.491 e. The number of carbonyl (C=O) groups excluding carboxylic acids is 1. The number of amides is 2. The number of anilines is 2. The number of aliphatic hydroxyl groups is 1. The lowest BCUT2D eigenvalue weighted by Gasteiger charge is -2.16. The first-order chi connectivity index (χ1) is 11.0. The topological polar surface area (TPSA) is 86.7 Å². The molecule has 2 aromatic rings. The van der Waals surface area contributed by atoms with Crippen molar-refractivity contribution >= 4 is 28.2 Å². The number of benzene rings is 1. The van der Waals surface area contributed by atoms with E-state index in [9.17, 15) is 9.90 Å². The molecule has 8 heteroatoms. The van der Waals surface area contributed by atoms with Crippen LogP contribution in [0.4, 0.5) is 15.6 Å². The van der Waals surface area contributed by atoms with Crippen LogP contribution in [-0.4, -0.2) is 54.4 Å². The van der Waals surface area contributed by atoms with E-state index in [1.165, 1.54) is 11.3 Å². The molecule has 7 nitrogen and oxygen atoms in total. The van der Waals surface area contributed by atoms with E-state index in [0.29, 0.717) is 23.1 Å². The predicted octanol–water partition coefficient (Wildman–Crippen LogP) is 2.09. The van der Waals surface area contributed by atoms with E-state index in [1.807, 2.05) is 19.0 Å². The summed E-state index contributed by atoms with van der Waals surface area (Å²) in [6.07, 6.45) is 1.07. The molecule has 23 heavy (non-hydrogen) atoms. The molecule has 1 aromatic carbocycles. The standard InChI is InChI=1S/C15H20N4O3S/c1-19(2)9-12(20)10-22-13-5-3-11(4-6-13)17-14(21)18-15-16-7-8-23-15/h3-8,12,20H,9-10H2,1-2H3,(H2,16,17,18,21)/t12-/m1/s1. The zero-order chi connectivity index (χ0) is 16.7. The molecule has 3 N–H and O–H groups in total. The van der Waals surface area contributed by atoms with E-state index in [2.05, 4.69) is 15.6 Å². The summed E-state index contributed by atoms with van der Waals surface area (Å²) in [4.78, 5) is 17.6. The molecule has 0 aliphatic heterocycles. The minimum atomic E-state index is -0.549. The number of aromatic nitrogens is 1. The Labute approximate surface area is 138 Å². The van der Waals surface area contributed by atoms with Gasteiger partial charge in [0, 0.05) is 23.8 Å². The van der Waals surface area contributed by atoms with Crippen molar-refractivity contribution < 1.29 is 14.6 Å². The molecule has 0 fully saturated rings. The summed E-state index contributed by atoms with van der Waals surface area (Å²) in [5, 5.41) is 17.4. The summed E-state index contributed by atoms with van der Waals surface area (Å²) in [7, 11) is 3.78. The van der Waals surface area contributed by atoms with E-state index >= 15 is 0 Å². The van der Waals surface area contributed by atoms with Crippen LogP contribution in [0.1, 0.15) is 0 Å². The third kappa shape index (κ3) is 6.23. The maximum Gasteiger partial charge on any atom is 0.325 e. The number of hydrogen-bond acceptors (Lipinski definition) is 6. The van der Waals surface area contributed by atoms with Crippen molar-refractivity contribution in [1.29, 1.82) is 0 Å². The molecule has 1 atom stereocenters. The van der Waals surface area contributed by atoms with Gasteiger partial charge in [-0.2, -0.15) is 0 Å². The number of nitrogens with zero attached hydrogens (tertiary/aromatic N) is 2. The highest BCUT2D eigenvalue weighted by Crippen LogP contribution is 2.17. The highest BCUT2D eigenvalue weighted by atomic mass is 32.1. The molecule has 0 aliphatic carbocycles. The van der Waals surface area contributed by atoms with E-state index in [4.69, 9.17) is 4.74 Å². The number of aliphatic hydroxyl groups excluding tert-OH is 1. The van der Waals surface area contributed by atoms with E-state index in [-0.39, 0.29) is 12.6 Å². The Kier molecular flexibility index (Phi) is 6.33. The van der Waals surface area contributed by atoms with Crippen LogP contribution in [0.2, 0.25) is 0 Å². The summed E-state index contributed by atoms with van der Waals surface area (Å²) >= 11 is 1.35. The fourth-order valence-electron chi connectivity index (χ4n) is 1.85. The summed E-state index contributed by atoms with van der Waals surface area (Å²) < 4.78 is 5.50. The van der Waals surface area contributed by atoms with Crippen LogP contribution in [0.5, 0.6) is 5.75 Å². The van der Waals surface area contributed by atoms with Crippen molar-refractivity contribution in [2.45, 2.75) is 6.10 Å². The average Bonchev–Trinajstić information content (AvgIpc) is 2.98. The van der Waals surface area contributed by atoms with Gasteiger partial charge in [-0.05, 0) is 38.4 Å². The second kappa shape index (κ2) is 8.47. The number of thiazole rings is 1. The zero-order valence-corrected chi connectivity index (χ0v) is 13.8. The third-order valence-electron chi connectivity index (χ3n) is 2.78. The molecule has 1 heterocycles. The Bertz CT molecular complexity index is 602. The van der Waals surface area contributed by atoms with Gasteiger partial charge < -0.3 is 20.1 Å². The van der Waals surface area contributed by atoms with Crippen LogP contribution in [-0.2, 0) is 0 Å². The molecule has 0 unspecified atom stereocenters. The first kappa shape index (κ1) is 17.2. The fraction of sp³-hybridized carbons (Fsp3) is 0.333. The van der Waals surface area contributed by atoms with Crippen LogP contribution in [0.3, 0.4) is 0 Å². The molecular weight excluding hydrogens is 316 g/mol. The number of nitrogens with one attached hydrogen (secondary N) is 2. The van der Waals surface area contributed by atoms with Crippen LogP contribution in [0, 0.1) is 0 Å². The Morgan fingerprint density at radius 3 is 2.70 bits per heavy atom. The Morgan fingerprint density at radius 2 is 2.09 bits per heavy atom. The van der Waals surface area contributed by atoms with Gasteiger partial charge in [0.05, 0.1) is 0 Å². The van der Waals surface area contributed by atoms with Gasteiger partial charge in [-0.3, -0.25) is 5.32 Å². The van der Waals surface area contributed by atoms with Gasteiger partial charge in [-0.25, -0.2) is 9.78 Å². The summed E-state index contributed by atoms with van der Waals surface area (Å²) in [5.74, 6) is 0.633. The molecule has 0 aliphatic rings. The van der Waals surface area contributed by atoms with Gasteiger partial charge in [0.2, 0.25) is 0 Å². The second-order valence-electron chi connectivity index (χ2n) is 5.17. The SMILES string of the molecule is CN(C)C[C@@H](O)COc1ccc(NC(=O)Nc2nccs2)cc1. The van der Waals surface area contributed by atoms with Gasteiger partial charge in [-0.15, -0.1) is 11.3 Å². The van der Waals surface area contributed by atoms with Crippen LogP contribution in [0.25, 0.3) is 0 Å². The van der Waals surface area contributed by atoms with Crippen molar-refractivity contribution in [3.63, 3.8) is 0 Å². The minimum absolute atomic E-state index is 0.218. The maximum absolute atomic E-state index is 11.8. The lowest BCUT2D eigenvalue weighted by molar-refractivity contribution is 0.0831. The molecule has 1 aromatic heterocycles. The summed E-state index contributed by atoms with van der Waals surface area (Å²) in [5.41, 5.74) is 0.639. The fourth-order valence-corrected chi connectivity index (χ4v) is 2.37. The van der Waals surface area contributed by atoms with Gasteiger partial charge >= 0.3 is 6.03 Å². The Morgan fingerprint density at radius 1 is 1.35 bits per heavy atom. The molecular formula is C15H20N4O3S. The van der Waals surface area contributed by atoms with Crippen molar-refractivity contribution in [2.24, 2.45) is 0 Å². The average molecular weight is 336 g/mol. The molecule has 0 saturated heterocycles. The number of likely N-dealkylation sites (N-methyl/N-ethyl adjacent to an activating group) is 1. The van der Waals surface area contributed by atoms with E-state index in [1.54, 1.807) is 35.8 Å². The van der Waals surface area contributed by atoms with Crippen LogP contribution < -0.4 is 15.4 Å². The minimum Gasteiger partial charge on any atom is -0.491 e. The normalized spacial score (nSPS) is 12.0. The van der Waals surface area contributed by atoms with Crippen molar-refractivity contribution in [1.82, 2.24) is 9.88 Å². The smallest absolute Gasteiger partial charge is 0.325 e. The molecule has 0 saturated carbocycles. The van der Waals surface area contributed by atoms with Crippen LogP contribution in [0.15, 0.2) is 35.8 Å². The monoisotopic (exact) mass is 336 g/mol. The molecule has 2 rings (SSSR count). The van der Waals surface area contributed by atoms with Crippen molar-refractivity contribution in [3.05, 3.63) is 35.8 Å². The lowest BCUT2D eigenvalue weighted by atomic mass is 10.3. The molecule has 0 bridgehead atoms. The molecule has 0 radical (unpaired) electrons. The first-order valence-electron chi connectivity index (χ1n) is 7.06. The molecule has 2 amide bonds. The Hall–Kier alpha value is -2.16. The van der Waals surface area contributed by atoms with Gasteiger partial charge in [0.15, 0.2) is 5.13 Å². The number of rotatable bonds is 7. The van der Waals surface area contributed by atoms with Crippen LogP contribution >= 0.6 is 11.3 Å². The molecule has 0 spiro atoms. The van der Waals surface area contributed by atoms with Gasteiger partial charge in [-0.1, -0.05) is 0 Å². The van der Waals surface area contributed by atoms with Crippen molar-refractivity contribution in [2.75, 3.05) is 37.9 Å². The van der Waals surface area contributed by atoms with Gasteiger partial charge in [0.1, 0.15) is 18.5 Å². The lowest BCUT2D eigenvalue weighted by Crippen LogP contribution is -2.30. The molecule has 124 valence electrons.